The molecule has 0 heterocycles. The highest BCUT2D eigenvalue weighted by Gasteiger charge is 2.10. The number of benzene rings is 2. The third-order valence-corrected chi connectivity index (χ3v) is 3.14. The highest BCUT2D eigenvalue weighted by atomic mass is 19.1. The van der Waals surface area contributed by atoms with Gasteiger partial charge in [0.05, 0.1) is 12.7 Å². The first kappa shape index (κ1) is 13.3. The number of esters is 1. The standard InChI is InChI=1S/C16H15FO2/c1-10-4-6-13(17)9-15(10)14-7-5-12(8-11(14)2)16(18)19-3/h4-9H,1-3H3. The summed E-state index contributed by atoms with van der Waals surface area (Å²) in [6, 6.07) is 9.97. The van der Waals surface area contributed by atoms with Crippen molar-refractivity contribution in [3.8, 4) is 11.1 Å². The topological polar surface area (TPSA) is 26.3 Å². The minimum atomic E-state index is -0.370. The van der Waals surface area contributed by atoms with Gasteiger partial charge < -0.3 is 4.74 Å². The van der Waals surface area contributed by atoms with Gasteiger partial charge in [-0.1, -0.05) is 12.1 Å². The predicted molar refractivity (Wildman–Crippen MR) is 72.6 cm³/mol. The molecule has 0 aliphatic rings. The molecule has 3 heteroatoms. The van der Waals surface area contributed by atoms with E-state index in [0.29, 0.717) is 5.56 Å². The van der Waals surface area contributed by atoms with Crippen LogP contribution >= 0.6 is 0 Å². The summed E-state index contributed by atoms with van der Waals surface area (Å²) in [5, 5.41) is 0. The van der Waals surface area contributed by atoms with Crippen molar-refractivity contribution < 1.29 is 13.9 Å². The van der Waals surface area contributed by atoms with Crippen LogP contribution in [-0.4, -0.2) is 13.1 Å². The molecule has 0 amide bonds. The zero-order valence-electron chi connectivity index (χ0n) is 11.2. The first-order chi connectivity index (χ1) is 9.02. The molecule has 2 aromatic rings. The second kappa shape index (κ2) is 5.22. The zero-order chi connectivity index (χ0) is 14.0. The van der Waals surface area contributed by atoms with Crippen molar-refractivity contribution in [2.24, 2.45) is 0 Å². The number of rotatable bonds is 2. The zero-order valence-corrected chi connectivity index (χ0v) is 11.2. The Morgan fingerprint density at radius 1 is 1.00 bits per heavy atom. The van der Waals surface area contributed by atoms with E-state index in [0.717, 1.165) is 22.3 Å². The number of hydrogen-bond donors (Lipinski definition) is 0. The molecular weight excluding hydrogens is 243 g/mol. The SMILES string of the molecule is COC(=O)c1ccc(-c2cc(F)ccc2C)c(C)c1. The minimum absolute atomic E-state index is 0.267. The molecule has 0 fully saturated rings. The maximum atomic E-state index is 13.4. The van der Waals surface area contributed by atoms with Crippen LogP contribution in [0.1, 0.15) is 21.5 Å². The molecule has 0 bridgehead atoms. The van der Waals surface area contributed by atoms with E-state index < -0.39 is 0 Å². The lowest BCUT2D eigenvalue weighted by Gasteiger charge is -2.11. The molecule has 19 heavy (non-hydrogen) atoms. The summed E-state index contributed by atoms with van der Waals surface area (Å²) in [5.74, 6) is -0.636. The monoisotopic (exact) mass is 258 g/mol. The average molecular weight is 258 g/mol. The fourth-order valence-electron chi connectivity index (χ4n) is 2.10. The largest absolute Gasteiger partial charge is 0.465 e. The Balaban J connectivity index is 2.52. The van der Waals surface area contributed by atoms with Gasteiger partial charge in [0.1, 0.15) is 5.82 Å². The molecule has 0 aliphatic carbocycles. The number of methoxy groups -OCH3 is 1. The predicted octanol–water partition coefficient (Wildman–Crippen LogP) is 3.90. The van der Waals surface area contributed by atoms with Crippen LogP contribution in [0, 0.1) is 19.7 Å². The maximum absolute atomic E-state index is 13.4. The van der Waals surface area contributed by atoms with Gasteiger partial charge >= 0.3 is 5.97 Å². The molecule has 0 aliphatic heterocycles. The highest BCUT2D eigenvalue weighted by Crippen LogP contribution is 2.28. The van der Waals surface area contributed by atoms with Gasteiger partial charge in [-0.05, 0) is 60.4 Å². The first-order valence-corrected chi connectivity index (χ1v) is 5.98. The summed E-state index contributed by atoms with van der Waals surface area (Å²) >= 11 is 0. The molecule has 2 nitrogen and oxygen atoms in total. The second-order valence-electron chi connectivity index (χ2n) is 4.48. The van der Waals surface area contributed by atoms with Gasteiger partial charge in [-0.15, -0.1) is 0 Å². The van der Waals surface area contributed by atoms with Crippen molar-refractivity contribution in [2.75, 3.05) is 7.11 Å². The van der Waals surface area contributed by atoms with E-state index in [2.05, 4.69) is 4.74 Å². The smallest absolute Gasteiger partial charge is 0.337 e. The number of aryl methyl sites for hydroxylation is 2. The quantitative estimate of drug-likeness (QED) is 0.764. The summed E-state index contributed by atoms with van der Waals surface area (Å²) in [6.45, 7) is 3.83. The molecule has 0 spiro atoms. The molecule has 0 unspecified atom stereocenters. The Hall–Kier alpha value is -2.16. The second-order valence-corrected chi connectivity index (χ2v) is 4.48. The molecule has 98 valence electrons. The Bertz CT molecular complexity index is 633. The molecule has 2 rings (SSSR count). The van der Waals surface area contributed by atoms with Crippen LogP contribution in [-0.2, 0) is 4.74 Å². The third-order valence-electron chi connectivity index (χ3n) is 3.14. The van der Waals surface area contributed by atoms with Gasteiger partial charge in [0.25, 0.3) is 0 Å². The van der Waals surface area contributed by atoms with Crippen LogP contribution in [0.25, 0.3) is 11.1 Å². The lowest BCUT2D eigenvalue weighted by molar-refractivity contribution is 0.0600. The average Bonchev–Trinajstić information content (AvgIpc) is 2.41. The van der Waals surface area contributed by atoms with Crippen molar-refractivity contribution in [3.63, 3.8) is 0 Å². The van der Waals surface area contributed by atoms with Gasteiger partial charge in [0, 0.05) is 0 Å². The van der Waals surface area contributed by atoms with Crippen LogP contribution in [0.3, 0.4) is 0 Å². The lowest BCUT2D eigenvalue weighted by atomic mass is 9.95. The Morgan fingerprint density at radius 2 is 1.74 bits per heavy atom. The van der Waals surface area contributed by atoms with Gasteiger partial charge in [0.15, 0.2) is 0 Å². The van der Waals surface area contributed by atoms with E-state index >= 15 is 0 Å². The van der Waals surface area contributed by atoms with Crippen molar-refractivity contribution in [3.05, 3.63) is 58.9 Å². The molecule has 0 atom stereocenters. The van der Waals surface area contributed by atoms with E-state index in [1.165, 1.54) is 19.2 Å². The van der Waals surface area contributed by atoms with E-state index in [1.807, 2.05) is 19.9 Å². The molecule has 0 saturated heterocycles. The van der Waals surface area contributed by atoms with E-state index in [9.17, 15) is 9.18 Å². The normalized spacial score (nSPS) is 10.3. The number of carbonyl (C=O) groups is 1. The van der Waals surface area contributed by atoms with Crippen LogP contribution in [0.15, 0.2) is 36.4 Å². The fourth-order valence-corrected chi connectivity index (χ4v) is 2.10. The van der Waals surface area contributed by atoms with E-state index in [4.69, 9.17) is 0 Å². The molecule has 0 radical (unpaired) electrons. The van der Waals surface area contributed by atoms with Crippen LogP contribution in [0.2, 0.25) is 0 Å². The van der Waals surface area contributed by atoms with Gasteiger partial charge in [0.2, 0.25) is 0 Å². The van der Waals surface area contributed by atoms with Crippen LogP contribution < -0.4 is 0 Å². The van der Waals surface area contributed by atoms with Gasteiger partial charge in [-0.3, -0.25) is 0 Å². The van der Waals surface area contributed by atoms with E-state index in [1.54, 1.807) is 18.2 Å². The van der Waals surface area contributed by atoms with Crippen LogP contribution in [0.4, 0.5) is 4.39 Å². The number of carbonyl (C=O) groups excluding carboxylic acids is 1. The van der Waals surface area contributed by atoms with Crippen LogP contribution in [0.5, 0.6) is 0 Å². The lowest BCUT2D eigenvalue weighted by Crippen LogP contribution is -2.01. The summed E-state index contributed by atoms with van der Waals surface area (Å²) in [4.78, 5) is 11.5. The summed E-state index contributed by atoms with van der Waals surface area (Å²) in [5.41, 5.74) is 4.17. The summed E-state index contributed by atoms with van der Waals surface area (Å²) in [7, 11) is 1.35. The Labute approximate surface area is 111 Å². The van der Waals surface area contributed by atoms with Crippen molar-refractivity contribution >= 4 is 5.97 Å². The first-order valence-electron chi connectivity index (χ1n) is 5.98. The van der Waals surface area contributed by atoms with E-state index in [-0.39, 0.29) is 11.8 Å². The van der Waals surface area contributed by atoms with Crippen molar-refractivity contribution in [1.29, 1.82) is 0 Å². The number of halogens is 1. The Morgan fingerprint density at radius 3 is 2.37 bits per heavy atom. The minimum Gasteiger partial charge on any atom is -0.465 e. The Kier molecular flexibility index (Phi) is 3.65. The third kappa shape index (κ3) is 2.65. The summed E-state index contributed by atoms with van der Waals surface area (Å²) < 4.78 is 18.0. The molecule has 0 N–H and O–H groups in total. The maximum Gasteiger partial charge on any atom is 0.337 e. The molecule has 0 saturated carbocycles. The van der Waals surface area contributed by atoms with Crippen molar-refractivity contribution in [2.45, 2.75) is 13.8 Å². The van der Waals surface area contributed by atoms with Crippen molar-refractivity contribution in [1.82, 2.24) is 0 Å². The summed E-state index contributed by atoms with van der Waals surface area (Å²) in [6.07, 6.45) is 0. The molecular formula is C16H15FO2. The molecule has 2 aromatic carbocycles. The highest BCUT2D eigenvalue weighted by molar-refractivity contribution is 5.90. The number of ether oxygens (including phenoxy) is 1. The fraction of sp³-hybridized carbons (Fsp3) is 0.188. The number of hydrogen-bond acceptors (Lipinski definition) is 2. The van der Waals surface area contributed by atoms with Gasteiger partial charge in [-0.2, -0.15) is 0 Å². The van der Waals surface area contributed by atoms with Gasteiger partial charge in [-0.25, -0.2) is 9.18 Å². The molecule has 0 aromatic heterocycles.